The zero-order chi connectivity index (χ0) is 21.2. The zero-order valence-electron chi connectivity index (χ0n) is 16.3. The van der Waals surface area contributed by atoms with E-state index in [1.54, 1.807) is 41.0 Å². The maximum atomic E-state index is 12.2. The molecule has 2 aromatic carbocycles. The molecule has 0 spiro atoms. The van der Waals surface area contributed by atoms with Gasteiger partial charge in [0.05, 0.1) is 23.3 Å². The fourth-order valence-corrected chi connectivity index (χ4v) is 3.49. The van der Waals surface area contributed by atoms with E-state index in [2.05, 4.69) is 15.4 Å². The molecule has 0 saturated carbocycles. The Morgan fingerprint density at radius 3 is 2.81 bits per heavy atom. The fraction of sp³-hybridized carbons (Fsp3) is 0.0870. The maximum absolute atomic E-state index is 12.2. The summed E-state index contributed by atoms with van der Waals surface area (Å²) in [5.41, 5.74) is 2.63. The van der Waals surface area contributed by atoms with Crippen LogP contribution in [0, 0.1) is 0 Å². The standard InChI is InChI=1S/C23H17ClN4O3/c24-17-7-3-2-6-16(17)23(29)25-11-12-30-22-10-9-21-26-14-18(28(21)27-22)20-13-15-5-1-4-8-19(15)31-20/h1-10,13-14H,11-12H2,(H,25,29). The van der Waals surface area contributed by atoms with Gasteiger partial charge in [0, 0.05) is 11.5 Å². The Hall–Kier alpha value is -3.84. The van der Waals surface area contributed by atoms with E-state index in [4.69, 9.17) is 20.8 Å². The lowest BCUT2D eigenvalue weighted by molar-refractivity contribution is 0.0946. The SMILES string of the molecule is O=C(NCCOc1ccc2ncc(-c3cc4ccccc4o3)n2n1)c1ccccc1Cl. The molecule has 0 atom stereocenters. The molecule has 0 bridgehead atoms. The van der Waals surface area contributed by atoms with Crippen LogP contribution in [0.25, 0.3) is 28.1 Å². The second-order valence-corrected chi connectivity index (χ2v) is 7.22. The molecule has 3 heterocycles. The maximum Gasteiger partial charge on any atom is 0.252 e. The zero-order valence-corrected chi connectivity index (χ0v) is 17.0. The van der Waals surface area contributed by atoms with Gasteiger partial charge in [-0.1, -0.05) is 41.9 Å². The molecular weight excluding hydrogens is 416 g/mol. The fourth-order valence-electron chi connectivity index (χ4n) is 3.27. The number of aromatic nitrogens is 3. The van der Waals surface area contributed by atoms with Crippen LogP contribution in [0.1, 0.15) is 10.4 Å². The number of nitrogens with one attached hydrogen (secondary N) is 1. The summed E-state index contributed by atoms with van der Waals surface area (Å²) in [7, 11) is 0. The number of ether oxygens (including phenoxy) is 1. The predicted octanol–water partition coefficient (Wildman–Crippen LogP) is 4.60. The largest absolute Gasteiger partial charge is 0.475 e. The van der Waals surface area contributed by atoms with Gasteiger partial charge in [-0.15, -0.1) is 5.10 Å². The molecule has 0 fully saturated rings. The number of hydrogen-bond donors (Lipinski definition) is 1. The average molecular weight is 433 g/mol. The smallest absolute Gasteiger partial charge is 0.252 e. The molecule has 0 aliphatic carbocycles. The predicted molar refractivity (Wildman–Crippen MR) is 117 cm³/mol. The number of carbonyl (C=O) groups excluding carboxylic acids is 1. The van der Waals surface area contributed by atoms with Crippen LogP contribution < -0.4 is 10.1 Å². The second-order valence-electron chi connectivity index (χ2n) is 6.82. The number of halogens is 1. The van der Waals surface area contributed by atoms with Gasteiger partial charge in [-0.25, -0.2) is 9.50 Å². The molecular formula is C23H17ClN4O3. The molecule has 5 aromatic rings. The number of benzene rings is 2. The minimum absolute atomic E-state index is 0.251. The number of amides is 1. The van der Waals surface area contributed by atoms with Crippen molar-refractivity contribution in [3.63, 3.8) is 0 Å². The van der Waals surface area contributed by atoms with E-state index < -0.39 is 0 Å². The first-order chi connectivity index (χ1) is 15.2. The summed E-state index contributed by atoms with van der Waals surface area (Å²) in [4.78, 5) is 16.6. The van der Waals surface area contributed by atoms with Crippen LogP contribution in [0.4, 0.5) is 0 Å². The first-order valence-corrected chi connectivity index (χ1v) is 10.1. The van der Waals surface area contributed by atoms with Crippen LogP contribution in [0.15, 0.2) is 77.3 Å². The van der Waals surface area contributed by atoms with Crippen LogP contribution >= 0.6 is 11.6 Å². The number of carbonyl (C=O) groups is 1. The Kier molecular flexibility index (Phi) is 5.01. The van der Waals surface area contributed by atoms with Crippen LogP contribution in [-0.4, -0.2) is 33.7 Å². The third-order valence-corrected chi connectivity index (χ3v) is 5.10. The molecule has 0 radical (unpaired) electrons. The molecule has 7 nitrogen and oxygen atoms in total. The molecule has 31 heavy (non-hydrogen) atoms. The monoisotopic (exact) mass is 432 g/mol. The van der Waals surface area contributed by atoms with Crippen molar-refractivity contribution in [3.8, 4) is 17.3 Å². The van der Waals surface area contributed by atoms with Crippen molar-refractivity contribution >= 4 is 34.1 Å². The Labute approximate surface area is 182 Å². The molecule has 0 aliphatic heterocycles. The number of furan rings is 1. The van der Waals surface area contributed by atoms with Gasteiger partial charge in [0.15, 0.2) is 11.4 Å². The van der Waals surface area contributed by atoms with Crippen molar-refractivity contribution in [1.82, 2.24) is 19.9 Å². The summed E-state index contributed by atoms with van der Waals surface area (Å²) < 4.78 is 13.3. The van der Waals surface area contributed by atoms with Crippen molar-refractivity contribution in [1.29, 1.82) is 0 Å². The number of fused-ring (bicyclic) bond motifs is 2. The van der Waals surface area contributed by atoms with E-state index in [0.717, 1.165) is 16.7 Å². The van der Waals surface area contributed by atoms with Crippen molar-refractivity contribution in [2.24, 2.45) is 0 Å². The quantitative estimate of drug-likeness (QED) is 0.396. The van der Waals surface area contributed by atoms with E-state index in [0.29, 0.717) is 34.4 Å². The van der Waals surface area contributed by atoms with E-state index in [1.807, 2.05) is 36.4 Å². The van der Waals surface area contributed by atoms with Gasteiger partial charge in [0.25, 0.3) is 5.91 Å². The Morgan fingerprint density at radius 1 is 1.10 bits per heavy atom. The van der Waals surface area contributed by atoms with E-state index in [1.165, 1.54) is 0 Å². The Balaban J connectivity index is 1.28. The second kappa shape index (κ2) is 8.12. The molecule has 3 aromatic heterocycles. The van der Waals surface area contributed by atoms with Gasteiger partial charge in [-0.3, -0.25) is 4.79 Å². The summed E-state index contributed by atoms with van der Waals surface area (Å²) >= 11 is 6.05. The summed E-state index contributed by atoms with van der Waals surface area (Å²) in [6.07, 6.45) is 1.72. The van der Waals surface area contributed by atoms with Crippen molar-refractivity contribution in [2.75, 3.05) is 13.2 Å². The molecule has 0 aliphatic rings. The molecule has 5 rings (SSSR count). The Morgan fingerprint density at radius 2 is 1.94 bits per heavy atom. The van der Waals surface area contributed by atoms with Gasteiger partial charge < -0.3 is 14.5 Å². The lowest BCUT2D eigenvalue weighted by atomic mass is 10.2. The van der Waals surface area contributed by atoms with Gasteiger partial charge in [-0.05, 0) is 30.3 Å². The minimum atomic E-state index is -0.251. The first-order valence-electron chi connectivity index (χ1n) is 9.68. The summed E-state index contributed by atoms with van der Waals surface area (Å²) in [6, 6.07) is 20.2. The normalized spacial score (nSPS) is 11.1. The van der Waals surface area contributed by atoms with Gasteiger partial charge in [-0.2, -0.15) is 0 Å². The third kappa shape index (κ3) is 3.83. The van der Waals surface area contributed by atoms with E-state index in [-0.39, 0.29) is 12.5 Å². The van der Waals surface area contributed by atoms with E-state index >= 15 is 0 Å². The van der Waals surface area contributed by atoms with Gasteiger partial charge >= 0.3 is 0 Å². The Bertz CT molecular complexity index is 1360. The minimum Gasteiger partial charge on any atom is -0.475 e. The number of rotatable bonds is 6. The van der Waals surface area contributed by atoms with Crippen LogP contribution in [0.3, 0.4) is 0 Å². The van der Waals surface area contributed by atoms with Crippen molar-refractivity contribution in [3.05, 3.63) is 83.5 Å². The highest BCUT2D eigenvalue weighted by Crippen LogP contribution is 2.28. The molecule has 0 saturated heterocycles. The van der Waals surface area contributed by atoms with Gasteiger partial charge in [0.1, 0.15) is 17.9 Å². The molecule has 1 N–H and O–H groups in total. The molecule has 8 heteroatoms. The highest BCUT2D eigenvalue weighted by molar-refractivity contribution is 6.33. The average Bonchev–Trinajstić information content (AvgIpc) is 3.40. The number of nitrogens with zero attached hydrogens (tertiary/aromatic N) is 3. The molecule has 154 valence electrons. The number of para-hydroxylation sites is 1. The first kappa shape index (κ1) is 19.1. The van der Waals surface area contributed by atoms with Crippen LogP contribution in [0.5, 0.6) is 5.88 Å². The summed E-state index contributed by atoms with van der Waals surface area (Å²) in [5.74, 6) is 0.833. The molecule has 1 amide bonds. The lowest BCUT2D eigenvalue weighted by Gasteiger charge is -2.08. The van der Waals surface area contributed by atoms with Crippen molar-refractivity contribution < 1.29 is 13.9 Å². The lowest BCUT2D eigenvalue weighted by Crippen LogP contribution is -2.28. The highest BCUT2D eigenvalue weighted by atomic mass is 35.5. The third-order valence-electron chi connectivity index (χ3n) is 4.77. The van der Waals surface area contributed by atoms with Crippen LogP contribution in [0.2, 0.25) is 5.02 Å². The van der Waals surface area contributed by atoms with Crippen molar-refractivity contribution in [2.45, 2.75) is 0 Å². The summed E-state index contributed by atoms with van der Waals surface area (Å²) in [6.45, 7) is 0.563. The van der Waals surface area contributed by atoms with Crippen LogP contribution in [-0.2, 0) is 0 Å². The number of hydrogen-bond acceptors (Lipinski definition) is 5. The highest BCUT2D eigenvalue weighted by Gasteiger charge is 2.13. The molecule has 0 unspecified atom stereocenters. The van der Waals surface area contributed by atoms with Gasteiger partial charge in [0.2, 0.25) is 5.88 Å². The summed E-state index contributed by atoms with van der Waals surface area (Å²) in [5, 5.41) is 8.71. The number of imidazole rings is 1. The van der Waals surface area contributed by atoms with E-state index in [9.17, 15) is 4.79 Å². The topological polar surface area (TPSA) is 81.7 Å².